The number of halogens is 1. The molecule has 0 aromatic heterocycles. The summed E-state index contributed by atoms with van der Waals surface area (Å²) in [5, 5.41) is 8.63. The van der Waals surface area contributed by atoms with Crippen LogP contribution in [0.2, 0.25) is 0 Å². The van der Waals surface area contributed by atoms with Crippen molar-refractivity contribution in [2.75, 3.05) is 11.9 Å². The maximum Gasteiger partial charge on any atom is 0.339 e. The number of hydrogen-bond donors (Lipinski definition) is 1. The van der Waals surface area contributed by atoms with Crippen molar-refractivity contribution >= 4 is 17.6 Å². The van der Waals surface area contributed by atoms with Crippen LogP contribution in [0, 0.1) is 0 Å². The van der Waals surface area contributed by atoms with Gasteiger partial charge in [-0.05, 0) is 11.6 Å². The van der Waals surface area contributed by atoms with Crippen molar-refractivity contribution in [3.05, 3.63) is 29.8 Å². The number of likely N-dealkylation sites (N-methyl/N-ethyl adjacent to an activating group) is 1. The van der Waals surface area contributed by atoms with Crippen molar-refractivity contribution in [3.63, 3.8) is 0 Å². The fourth-order valence-corrected chi connectivity index (χ4v) is 1.94. The van der Waals surface area contributed by atoms with Crippen LogP contribution in [0.4, 0.5) is 10.1 Å². The molecule has 1 aliphatic heterocycles. The lowest BCUT2D eigenvalue weighted by Crippen LogP contribution is -2.32. The zero-order valence-corrected chi connectivity index (χ0v) is 8.55. The number of alkyl halides is 1. The SMILES string of the molecule is CN1C(=O)C(C(F)C(=O)O)c2ccccc21. The van der Waals surface area contributed by atoms with Crippen molar-refractivity contribution < 1.29 is 19.1 Å². The first kappa shape index (κ1) is 10.6. The van der Waals surface area contributed by atoms with Gasteiger partial charge >= 0.3 is 5.97 Å². The molecule has 1 aromatic rings. The van der Waals surface area contributed by atoms with Gasteiger partial charge in [-0.25, -0.2) is 9.18 Å². The standard InChI is InChI=1S/C11H10FNO3/c1-13-7-5-3-2-4-6(7)8(10(13)14)9(12)11(15)16/h2-5,8-9H,1H3,(H,15,16). The Morgan fingerprint density at radius 2 is 2.12 bits per heavy atom. The number of para-hydroxylation sites is 1. The predicted molar refractivity (Wildman–Crippen MR) is 55.1 cm³/mol. The number of hydrogen-bond acceptors (Lipinski definition) is 2. The van der Waals surface area contributed by atoms with Gasteiger partial charge in [0.2, 0.25) is 12.1 Å². The second kappa shape index (κ2) is 3.59. The maximum absolute atomic E-state index is 13.5. The number of fused-ring (bicyclic) bond motifs is 1. The molecule has 1 aliphatic rings. The van der Waals surface area contributed by atoms with Gasteiger partial charge in [-0.3, -0.25) is 4.79 Å². The minimum atomic E-state index is -2.20. The highest BCUT2D eigenvalue weighted by atomic mass is 19.1. The summed E-state index contributed by atoms with van der Waals surface area (Å²) in [6.07, 6.45) is -2.20. The molecular formula is C11H10FNO3. The molecule has 1 amide bonds. The van der Waals surface area contributed by atoms with E-state index in [-0.39, 0.29) is 0 Å². The molecule has 0 radical (unpaired) electrons. The highest BCUT2D eigenvalue weighted by Crippen LogP contribution is 2.38. The third kappa shape index (κ3) is 1.36. The molecule has 1 heterocycles. The van der Waals surface area contributed by atoms with Gasteiger partial charge < -0.3 is 10.0 Å². The van der Waals surface area contributed by atoms with Crippen molar-refractivity contribution in [2.45, 2.75) is 12.1 Å². The second-order valence-corrected chi connectivity index (χ2v) is 3.67. The Kier molecular flexibility index (Phi) is 2.38. The molecule has 0 aliphatic carbocycles. The van der Waals surface area contributed by atoms with Crippen molar-refractivity contribution in [3.8, 4) is 0 Å². The lowest BCUT2D eigenvalue weighted by Gasteiger charge is -2.11. The van der Waals surface area contributed by atoms with Gasteiger partial charge in [0.1, 0.15) is 5.92 Å². The monoisotopic (exact) mass is 223 g/mol. The Labute approximate surface area is 91.3 Å². The van der Waals surface area contributed by atoms with E-state index in [0.29, 0.717) is 11.3 Å². The first-order chi connectivity index (χ1) is 7.54. The third-order valence-electron chi connectivity index (χ3n) is 2.76. The molecule has 84 valence electrons. The maximum atomic E-state index is 13.5. The number of carbonyl (C=O) groups excluding carboxylic acids is 1. The first-order valence-electron chi connectivity index (χ1n) is 4.77. The number of carboxylic acid groups (broad SMARTS) is 1. The lowest BCUT2D eigenvalue weighted by atomic mass is 9.96. The quantitative estimate of drug-likeness (QED) is 0.818. The third-order valence-corrected chi connectivity index (χ3v) is 2.76. The number of carbonyl (C=O) groups is 2. The Balaban J connectivity index is 2.49. The Morgan fingerprint density at radius 3 is 2.75 bits per heavy atom. The molecule has 0 saturated heterocycles. The van der Waals surface area contributed by atoms with E-state index in [1.807, 2.05) is 0 Å². The molecule has 2 atom stereocenters. The number of anilines is 1. The molecule has 4 nitrogen and oxygen atoms in total. The summed E-state index contributed by atoms with van der Waals surface area (Å²) in [6, 6.07) is 6.63. The number of benzene rings is 1. The van der Waals surface area contributed by atoms with Gasteiger partial charge in [-0.1, -0.05) is 18.2 Å². The average molecular weight is 223 g/mol. The van der Waals surface area contributed by atoms with Gasteiger partial charge in [-0.15, -0.1) is 0 Å². The van der Waals surface area contributed by atoms with Crippen LogP contribution < -0.4 is 4.90 Å². The van der Waals surface area contributed by atoms with E-state index in [0.717, 1.165) is 0 Å². The number of aliphatic carboxylic acids is 1. The van der Waals surface area contributed by atoms with Crippen molar-refractivity contribution in [1.82, 2.24) is 0 Å². The van der Waals surface area contributed by atoms with Gasteiger partial charge in [0, 0.05) is 12.7 Å². The number of carboxylic acids is 1. The van der Waals surface area contributed by atoms with Crippen LogP contribution in [0.15, 0.2) is 24.3 Å². The Bertz CT molecular complexity index is 460. The lowest BCUT2D eigenvalue weighted by molar-refractivity contribution is -0.145. The van der Waals surface area contributed by atoms with Gasteiger partial charge in [0.25, 0.3) is 0 Å². The average Bonchev–Trinajstić information content (AvgIpc) is 2.52. The normalized spacial score (nSPS) is 20.8. The molecule has 2 rings (SSSR count). The van der Waals surface area contributed by atoms with Gasteiger partial charge in [0.05, 0.1) is 0 Å². The van der Waals surface area contributed by atoms with E-state index in [1.54, 1.807) is 24.3 Å². The molecular weight excluding hydrogens is 213 g/mol. The van der Waals surface area contributed by atoms with Crippen LogP contribution in [-0.2, 0) is 9.59 Å². The molecule has 0 fully saturated rings. The fraction of sp³-hybridized carbons (Fsp3) is 0.273. The summed E-state index contributed by atoms with van der Waals surface area (Å²) in [5.41, 5.74) is 1.01. The van der Waals surface area contributed by atoms with Crippen molar-refractivity contribution in [2.24, 2.45) is 0 Å². The topological polar surface area (TPSA) is 57.6 Å². The van der Waals surface area contributed by atoms with E-state index in [4.69, 9.17) is 5.11 Å². The summed E-state index contributed by atoms with van der Waals surface area (Å²) < 4.78 is 13.5. The number of nitrogens with zero attached hydrogens (tertiary/aromatic N) is 1. The summed E-state index contributed by atoms with van der Waals surface area (Å²) in [5.74, 6) is -3.35. The Morgan fingerprint density at radius 1 is 1.50 bits per heavy atom. The van der Waals surface area contributed by atoms with Crippen LogP contribution in [0.5, 0.6) is 0 Å². The van der Waals surface area contributed by atoms with Crippen LogP contribution in [0.1, 0.15) is 11.5 Å². The molecule has 16 heavy (non-hydrogen) atoms. The predicted octanol–water partition coefficient (Wildman–Crippen LogP) is 1.17. The molecule has 1 N–H and O–H groups in total. The Hall–Kier alpha value is -1.91. The van der Waals surface area contributed by atoms with E-state index in [2.05, 4.69) is 0 Å². The summed E-state index contributed by atoms with van der Waals surface area (Å²) in [7, 11) is 1.51. The fourth-order valence-electron chi connectivity index (χ4n) is 1.94. The molecule has 2 unspecified atom stereocenters. The molecule has 0 bridgehead atoms. The zero-order chi connectivity index (χ0) is 11.9. The summed E-state index contributed by atoms with van der Waals surface area (Å²) in [4.78, 5) is 23.6. The molecule has 5 heteroatoms. The molecule has 1 aromatic carbocycles. The second-order valence-electron chi connectivity index (χ2n) is 3.67. The zero-order valence-electron chi connectivity index (χ0n) is 8.55. The number of rotatable bonds is 2. The minimum Gasteiger partial charge on any atom is -0.479 e. The van der Waals surface area contributed by atoms with E-state index < -0.39 is 24.0 Å². The van der Waals surface area contributed by atoms with Crippen LogP contribution in [0.25, 0.3) is 0 Å². The van der Waals surface area contributed by atoms with E-state index >= 15 is 0 Å². The van der Waals surface area contributed by atoms with E-state index in [1.165, 1.54) is 11.9 Å². The van der Waals surface area contributed by atoms with Crippen LogP contribution >= 0.6 is 0 Å². The highest BCUT2D eigenvalue weighted by Gasteiger charge is 2.43. The molecule has 0 spiro atoms. The van der Waals surface area contributed by atoms with Gasteiger partial charge in [-0.2, -0.15) is 0 Å². The van der Waals surface area contributed by atoms with Crippen LogP contribution in [-0.4, -0.2) is 30.2 Å². The van der Waals surface area contributed by atoms with Gasteiger partial charge in [0.15, 0.2) is 0 Å². The smallest absolute Gasteiger partial charge is 0.339 e. The largest absolute Gasteiger partial charge is 0.479 e. The summed E-state index contributed by atoms with van der Waals surface area (Å²) in [6.45, 7) is 0. The first-order valence-corrected chi connectivity index (χ1v) is 4.77. The molecule has 0 saturated carbocycles. The van der Waals surface area contributed by atoms with Crippen molar-refractivity contribution in [1.29, 1.82) is 0 Å². The highest BCUT2D eigenvalue weighted by molar-refractivity contribution is 6.07. The summed E-state index contributed by atoms with van der Waals surface area (Å²) >= 11 is 0. The van der Waals surface area contributed by atoms with E-state index in [9.17, 15) is 14.0 Å². The van der Waals surface area contributed by atoms with Crippen LogP contribution in [0.3, 0.4) is 0 Å². The number of amides is 1. The minimum absolute atomic E-state index is 0.435.